The second kappa shape index (κ2) is 12.5. The molecule has 0 saturated heterocycles. The summed E-state index contributed by atoms with van der Waals surface area (Å²) >= 11 is 0. The number of carbonyl (C=O) groups is 2. The van der Waals surface area contributed by atoms with Crippen molar-refractivity contribution in [1.82, 2.24) is 9.88 Å². The van der Waals surface area contributed by atoms with Gasteiger partial charge in [-0.1, -0.05) is 25.1 Å². The van der Waals surface area contributed by atoms with Gasteiger partial charge in [-0.05, 0) is 66.3 Å². The van der Waals surface area contributed by atoms with E-state index in [0.717, 1.165) is 39.2 Å². The highest BCUT2D eigenvalue weighted by atomic mass is 19.1. The normalized spacial score (nSPS) is 12.4. The first kappa shape index (κ1) is 29.1. The molecule has 1 heterocycles. The third-order valence-corrected chi connectivity index (χ3v) is 6.96. The molecule has 0 radical (unpaired) electrons. The topological polar surface area (TPSA) is 130 Å². The molecule has 0 aliphatic heterocycles. The molecular weight excluding hydrogens is 525 g/mol. The van der Waals surface area contributed by atoms with Gasteiger partial charge in [-0.3, -0.25) is 10.1 Å². The van der Waals surface area contributed by atoms with Gasteiger partial charge in [0.05, 0.1) is 6.61 Å². The fourth-order valence-electron chi connectivity index (χ4n) is 4.74. The van der Waals surface area contributed by atoms with Crippen molar-refractivity contribution in [2.45, 2.75) is 39.3 Å². The number of carbonyl (C=O) groups excluding carboxylic acids is 2. The fourth-order valence-corrected chi connectivity index (χ4v) is 4.74. The van der Waals surface area contributed by atoms with E-state index in [-0.39, 0.29) is 36.4 Å². The number of rotatable bonds is 10. The molecule has 0 aliphatic carbocycles. The Morgan fingerprint density at radius 2 is 1.93 bits per heavy atom. The third-order valence-electron chi connectivity index (χ3n) is 6.96. The van der Waals surface area contributed by atoms with E-state index in [2.05, 4.69) is 34.7 Å². The summed E-state index contributed by atoms with van der Waals surface area (Å²) < 4.78 is 19.6. The van der Waals surface area contributed by atoms with E-state index in [0.29, 0.717) is 12.2 Å². The SMILES string of the molecule is Cc1cc([C@H](C)Nc2ccc3c(N)nccc3c2)ccc1[C@@H](C)COC(=O)Nc1cc(F)c(O)c(CN(C)C=O)c1. The summed E-state index contributed by atoms with van der Waals surface area (Å²) in [4.78, 5) is 28.7. The molecule has 0 bridgehead atoms. The number of aromatic nitrogens is 1. The molecule has 214 valence electrons. The molecule has 0 saturated carbocycles. The minimum atomic E-state index is -0.910. The first-order valence-corrected chi connectivity index (χ1v) is 13.2. The predicted molar refractivity (Wildman–Crippen MR) is 158 cm³/mol. The van der Waals surface area contributed by atoms with Gasteiger partial charge in [-0.15, -0.1) is 0 Å². The lowest BCUT2D eigenvalue weighted by atomic mass is 9.93. The van der Waals surface area contributed by atoms with Crippen LogP contribution in [0.4, 0.5) is 26.4 Å². The Morgan fingerprint density at radius 3 is 2.66 bits per heavy atom. The van der Waals surface area contributed by atoms with Crippen LogP contribution in [-0.2, 0) is 16.1 Å². The molecular formula is C31H34FN5O4. The number of nitrogens with two attached hydrogens (primary N) is 1. The van der Waals surface area contributed by atoms with E-state index >= 15 is 0 Å². The van der Waals surface area contributed by atoms with Crippen LogP contribution in [0, 0.1) is 12.7 Å². The minimum Gasteiger partial charge on any atom is -0.505 e. The van der Waals surface area contributed by atoms with Gasteiger partial charge in [0.1, 0.15) is 5.82 Å². The molecule has 9 nitrogen and oxygen atoms in total. The zero-order valence-electron chi connectivity index (χ0n) is 23.4. The second-order valence-corrected chi connectivity index (χ2v) is 10.2. The molecule has 10 heteroatoms. The minimum absolute atomic E-state index is 0.0215. The maximum Gasteiger partial charge on any atom is 0.411 e. The van der Waals surface area contributed by atoms with Crippen molar-refractivity contribution >= 4 is 40.5 Å². The van der Waals surface area contributed by atoms with Gasteiger partial charge in [-0.25, -0.2) is 14.2 Å². The van der Waals surface area contributed by atoms with E-state index in [9.17, 15) is 19.1 Å². The van der Waals surface area contributed by atoms with Crippen LogP contribution in [0.15, 0.2) is 60.8 Å². The largest absolute Gasteiger partial charge is 0.505 e. The molecule has 5 N–H and O–H groups in total. The highest BCUT2D eigenvalue weighted by molar-refractivity contribution is 5.93. The summed E-state index contributed by atoms with van der Waals surface area (Å²) in [5, 5.41) is 17.9. The van der Waals surface area contributed by atoms with Crippen LogP contribution in [0.3, 0.4) is 0 Å². The Labute approximate surface area is 238 Å². The van der Waals surface area contributed by atoms with Gasteiger partial charge in [0.15, 0.2) is 11.6 Å². The van der Waals surface area contributed by atoms with Gasteiger partial charge in [0.25, 0.3) is 0 Å². The molecule has 4 aromatic rings. The monoisotopic (exact) mass is 559 g/mol. The summed E-state index contributed by atoms with van der Waals surface area (Å²) in [5.41, 5.74) is 10.4. The molecule has 0 unspecified atom stereocenters. The van der Waals surface area contributed by atoms with Crippen LogP contribution in [0.2, 0.25) is 0 Å². The van der Waals surface area contributed by atoms with Crippen LogP contribution >= 0.6 is 0 Å². The first-order chi connectivity index (χ1) is 19.5. The van der Waals surface area contributed by atoms with Crippen LogP contribution in [0.1, 0.15) is 48.1 Å². The Hall–Kier alpha value is -4.86. The average molecular weight is 560 g/mol. The van der Waals surface area contributed by atoms with E-state index in [1.165, 1.54) is 18.0 Å². The van der Waals surface area contributed by atoms with Gasteiger partial charge >= 0.3 is 6.09 Å². The number of ether oxygens (including phenoxy) is 1. The smallest absolute Gasteiger partial charge is 0.411 e. The Kier molecular flexibility index (Phi) is 8.91. The summed E-state index contributed by atoms with van der Waals surface area (Å²) in [7, 11) is 1.49. The summed E-state index contributed by atoms with van der Waals surface area (Å²) in [5.74, 6) is -1.07. The number of anilines is 3. The lowest BCUT2D eigenvalue weighted by Crippen LogP contribution is -2.18. The summed E-state index contributed by atoms with van der Waals surface area (Å²) in [6.45, 7) is 6.15. The quantitative estimate of drug-likeness (QED) is 0.137. The lowest BCUT2D eigenvalue weighted by molar-refractivity contribution is -0.117. The zero-order valence-corrected chi connectivity index (χ0v) is 23.4. The molecule has 1 aromatic heterocycles. The van der Waals surface area contributed by atoms with Crippen LogP contribution in [0.25, 0.3) is 10.8 Å². The van der Waals surface area contributed by atoms with Crippen molar-refractivity contribution < 1.29 is 23.8 Å². The third kappa shape index (κ3) is 7.02. The first-order valence-electron chi connectivity index (χ1n) is 13.2. The summed E-state index contributed by atoms with van der Waals surface area (Å²) in [6.07, 6.45) is 1.50. The van der Waals surface area contributed by atoms with Crippen molar-refractivity contribution in [3.8, 4) is 5.75 Å². The Bertz CT molecular complexity index is 1580. The highest BCUT2D eigenvalue weighted by Crippen LogP contribution is 2.29. The second-order valence-electron chi connectivity index (χ2n) is 10.2. The number of phenols is 1. The van der Waals surface area contributed by atoms with Crippen molar-refractivity contribution in [3.05, 3.63) is 88.9 Å². The lowest BCUT2D eigenvalue weighted by Gasteiger charge is -2.20. The number of hydrogen-bond donors (Lipinski definition) is 4. The zero-order chi connectivity index (χ0) is 29.7. The molecule has 0 spiro atoms. The molecule has 4 rings (SSSR count). The predicted octanol–water partition coefficient (Wildman–Crippen LogP) is 6.08. The van der Waals surface area contributed by atoms with Crippen LogP contribution in [-0.4, -0.2) is 41.1 Å². The van der Waals surface area contributed by atoms with Crippen molar-refractivity contribution in [1.29, 1.82) is 0 Å². The number of pyridine rings is 1. The van der Waals surface area contributed by atoms with Gasteiger partial charge in [0, 0.05) is 60.1 Å². The number of benzene rings is 3. The van der Waals surface area contributed by atoms with Crippen molar-refractivity contribution in [2.24, 2.45) is 0 Å². The molecule has 0 aliphatic rings. The van der Waals surface area contributed by atoms with E-state index in [1.807, 2.05) is 44.2 Å². The van der Waals surface area contributed by atoms with Crippen molar-refractivity contribution in [2.75, 3.05) is 30.0 Å². The summed E-state index contributed by atoms with van der Waals surface area (Å²) in [6, 6.07) is 16.6. The Balaban J connectivity index is 1.36. The number of halogens is 1. The number of aromatic hydroxyl groups is 1. The fraction of sp³-hybridized carbons (Fsp3) is 0.258. The molecule has 0 fully saturated rings. The number of amides is 2. The highest BCUT2D eigenvalue weighted by Gasteiger charge is 2.16. The van der Waals surface area contributed by atoms with Gasteiger partial charge in [0.2, 0.25) is 6.41 Å². The molecule has 2 amide bonds. The number of nitrogens with zero attached hydrogens (tertiary/aromatic N) is 2. The maximum atomic E-state index is 14.2. The van der Waals surface area contributed by atoms with Gasteiger partial charge < -0.3 is 25.8 Å². The molecule has 3 aromatic carbocycles. The van der Waals surface area contributed by atoms with E-state index < -0.39 is 17.7 Å². The van der Waals surface area contributed by atoms with Gasteiger partial charge in [-0.2, -0.15) is 0 Å². The number of hydrogen-bond acceptors (Lipinski definition) is 7. The molecule has 41 heavy (non-hydrogen) atoms. The average Bonchev–Trinajstić information content (AvgIpc) is 2.94. The standard InChI is InChI=1S/C31H34FN5O4/c1-18-11-21(20(3)35-24-6-8-27-22(12-24)9-10-34-30(27)33)5-7-26(18)19(2)16-41-31(40)36-25-13-23(15-37(4)17-38)29(39)28(32)14-25/h5-14,17,19-20,35,39H,15-16H2,1-4H3,(H2,33,34)(H,36,40)/t19-,20-/m0/s1. The number of nitrogens with one attached hydrogen (secondary N) is 2. The number of aryl methyl sites for hydroxylation is 1. The number of phenolic OH excluding ortho intramolecular Hbond substituents is 1. The van der Waals surface area contributed by atoms with Crippen LogP contribution < -0.4 is 16.4 Å². The Morgan fingerprint density at radius 1 is 1.15 bits per heavy atom. The van der Waals surface area contributed by atoms with E-state index in [4.69, 9.17) is 10.5 Å². The van der Waals surface area contributed by atoms with E-state index in [1.54, 1.807) is 6.20 Å². The number of fused-ring (bicyclic) bond motifs is 1. The number of nitrogen functional groups attached to an aromatic ring is 1. The van der Waals surface area contributed by atoms with Crippen molar-refractivity contribution in [3.63, 3.8) is 0 Å². The molecule has 2 atom stereocenters. The maximum absolute atomic E-state index is 14.2. The van der Waals surface area contributed by atoms with Crippen LogP contribution in [0.5, 0.6) is 5.75 Å².